The number of esters is 1. The standard InChI is InChI=1S/C29H32N2O4/c1-31(18-17-22-9-5-3-6-10-22)27(32)20-24-15-13-23(14-16-24)19-26(25-11-7-4-8-12-25)29(34)30-21-28(33)35-2/h3-16,26H,17-21H2,1-2H3,(H,30,34). The third-order valence-corrected chi connectivity index (χ3v) is 5.98. The van der Waals surface area contributed by atoms with E-state index in [4.69, 9.17) is 0 Å². The predicted octanol–water partition coefficient (Wildman–Crippen LogP) is 3.55. The number of methoxy groups -OCH3 is 1. The van der Waals surface area contributed by atoms with Gasteiger partial charge in [-0.15, -0.1) is 0 Å². The van der Waals surface area contributed by atoms with Crippen molar-refractivity contribution in [2.45, 2.75) is 25.2 Å². The average Bonchev–Trinajstić information content (AvgIpc) is 2.90. The Balaban J connectivity index is 1.59. The number of rotatable bonds is 11. The molecule has 0 aliphatic carbocycles. The summed E-state index contributed by atoms with van der Waals surface area (Å²) >= 11 is 0. The van der Waals surface area contributed by atoms with Gasteiger partial charge in [0.1, 0.15) is 6.54 Å². The molecule has 0 aliphatic rings. The normalized spacial score (nSPS) is 11.4. The quantitative estimate of drug-likeness (QED) is 0.433. The van der Waals surface area contributed by atoms with Gasteiger partial charge < -0.3 is 15.0 Å². The molecule has 0 spiro atoms. The number of nitrogens with one attached hydrogen (secondary N) is 1. The lowest BCUT2D eigenvalue weighted by atomic mass is 9.90. The summed E-state index contributed by atoms with van der Waals surface area (Å²) in [5, 5.41) is 2.66. The van der Waals surface area contributed by atoms with E-state index < -0.39 is 11.9 Å². The second-order valence-corrected chi connectivity index (χ2v) is 8.51. The molecule has 1 atom stereocenters. The number of carbonyl (C=O) groups excluding carboxylic acids is 3. The van der Waals surface area contributed by atoms with Gasteiger partial charge in [-0.2, -0.15) is 0 Å². The summed E-state index contributed by atoms with van der Waals surface area (Å²) < 4.78 is 4.62. The number of nitrogens with zero attached hydrogens (tertiary/aromatic N) is 1. The van der Waals surface area contributed by atoms with Crippen LogP contribution in [0, 0.1) is 0 Å². The lowest BCUT2D eigenvalue weighted by Gasteiger charge is -2.18. The first kappa shape index (κ1) is 25.7. The zero-order chi connectivity index (χ0) is 25.0. The molecule has 182 valence electrons. The summed E-state index contributed by atoms with van der Waals surface area (Å²) in [5.74, 6) is -1.11. The Bertz CT molecular complexity index is 1100. The second kappa shape index (κ2) is 13.1. The Morgan fingerprint density at radius 3 is 2.06 bits per heavy atom. The molecule has 0 aliphatic heterocycles. The van der Waals surface area contributed by atoms with Crippen LogP contribution in [0.15, 0.2) is 84.9 Å². The fraction of sp³-hybridized carbons (Fsp3) is 0.276. The number of hydrogen-bond donors (Lipinski definition) is 1. The van der Waals surface area contributed by atoms with E-state index in [2.05, 4.69) is 22.2 Å². The van der Waals surface area contributed by atoms with Crippen LogP contribution >= 0.6 is 0 Å². The first-order valence-electron chi connectivity index (χ1n) is 11.7. The molecule has 0 radical (unpaired) electrons. The molecule has 6 nitrogen and oxygen atoms in total. The Kier molecular flexibility index (Phi) is 9.60. The van der Waals surface area contributed by atoms with Gasteiger partial charge in [-0.3, -0.25) is 14.4 Å². The van der Waals surface area contributed by atoms with Crippen molar-refractivity contribution < 1.29 is 19.1 Å². The Hall–Kier alpha value is -3.93. The van der Waals surface area contributed by atoms with Gasteiger partial charge in [-0.1, -0.05) is 84.9 Å². The summed E-state index contributed by atoms with van der Waals surface area (Å²) in [6.45, 7) is 0.498. The first-order valence-corrected chi connectivity index (χ1v) is 11.7. The smallest absolute Gasteiger partial charge is 0.325 e. The monoisotopic (exact) mass is 472 g/mol. The van der Waals surface area contributed by atoms with Crippen molar-refractivity contribution in [3.05, 3.63) is 107 Å². The van der Waals surface area contributed by atoms with Gasteiger partial charge in [-0.05, 0) is 35.1 Å². The fourth-order valence-corrected chi connectivity index (χ4v) is 3.81. The molecular formula is C29H32N2O4. The van der Waals surface area contributed by atoms with E-state index in [1.807, 2.05) is 79.8 Å². The number of hydrogen-bond acceptors (Lipinski definition) is 4. The topological polar surface area (TPSA) is 75.7 Å². The van der Waals surface area contributed by atoms with Gasteiger partial charge in [0.25, 0.3) is 0 Å². The van der Waals surface area contributed by atoms with Crippen molar-refractivity contribution in [1.82, 2.24) is 10.2 Å². The van der Waals surface area contributed by atoms with E-state index in [0.717, 1.165) is 23.1 Å². The van der Waals surface area contributed by atoms with Crippen LogP contribution in [-0.2, 0) is 38.4 Å². The predicted molar refractivity (Wildman–Crippen MR) is 136 cm³/mol. The summed E-state index contributed by atoms with van der Waals surface area (Å²) in [4.78, 5) is 38.7. The van der Waals surface area contributed by atoms with Crippen LogP contribution in [0.1, 0.15) is 28.2 Å². The van der Waals surface area contributed by atoms with Crippen LogP contribution in [0.4, 0.5) is 0 Å². The lowest BCUT2D eigenvalue weighted by molar-refractivity contribution is -0.141. The minimum Gasteiger partial charge on any atom is -0.468 e. The van der Waals surface area contributed by atoms with Gasteiger partial charge in [0, 0.05) is 13.6 Å². The van der Waals surface area contributed by atoms with Crippen molar-refractivity contribution in [2.24, 2.45) is 0 Å². The zero-order valence-corrected chi connectivity index (χ0v) is 20.3. The largest absolute Gasteiger partial charge is 0.468 e. The van der Waals surface area contributed by atoms with Crippen LogP contribution in [0.2, 0.25) is 0 Å². The van der Waals surface area contributed by atoms with Gasteiger partial charge >= 0.3 is 5.97 Å². The molecule has 0 fully saturated rings. The van der Waals surface area contributed by atoms with E-state index >= 15 is 0 Å². The SMILES string of the molecule is COC(=O)CNC(=O)C(Cc1ccc(CC(=O)N(C)CCc2ccccc2)cc1)c1ccccc1. The van der Waals surface area contributed by atoms with E-state index in [1.165, 1.54) is 12.7 Å². The number of amides is 2. The van der Waals surface area contributed by atoms with Crippen LogP contribution < -0.4 is 5.32 Å². The maximum atomic E-state index is 12.9. The Morgan fingerprint density at radius 2 is 1.43 bits per heavy atom. The molecule has 1 unspecified atom stereocenters. The maximum absolute atomic E-state index is 12.9. The van der Waals surface area contributed by atoms with Gasteiger partial charge in [0.15, 0.2) is 0 Å². The third kappa shape index (κ3) is 8.10. The zero-order valence-electron chi connectivity index (χ0n) is 20.3. The molecule has 3 aromatic carbocycles. The Morgan fingerprint density at radius 1 is 0.829 bits per heavy atom. The van der Waals surface area contributed by atoms with Crippen LogP contribution in [0.3, 0.4) is 0 Å². The summed E-state index contributed by atoms with van der Waals surface area (Å²) in [7, 11) is 3.12. The van der Waals surface area contributed by atoms with Gasteiger partial charge in [0.2, 0.25) is 11.8 Å². The van der Waals surface area contributed by atoms with Crippen molar-refractivity contribution in [2.75, 3.05) is 27.2 Å². The van der Waals surface area contributed by atoms with Crippen LogP contribution in [-0.4, -0.2) is 49.9 Å². The number of benzene rings is 3. The first-order chi connectivity index (χ1) is 17.0. The molecule has 0 saturated heterocycles. The molecular weight excluding hydrogens is 440 g/mol. The highest BCUT2D eigenvalue weighted by atomic mass is 16.5. The lowest BCUT2D eigenvalue weighted by Crippen LogP contribution is -2.35. The van der Waals surface area contributed by atoms with Crippen molar-refractivity contribution in [3.8, 4) is 0 Å². The molecule has 0 bridgehead atoms. The molecule has 0 heterocycles. The summed E-state index contributed by atoms with van der Waals surface area (Å²) in [5.41, 5.74) is 3.98. The van der Waals surface area contributed by atoms with Crippen molar-refractivity contribution in [3.63, 3.8) is 0 Å². The van der Waals surface area contributed by atoms with Crippen LogP contribution in [0.5, 0.6) is 0 Å². The van der Waals surface area contributed by atoms with Crippen LogP contribution in [0.25, 0.3) is 0 Å². The summed E-state index contributed by atoms with van der Waals surface area (Å²) in [6.07, 6.45) is 1.62. The Labute approximate surface area is 206 Å². The number of carbonyl (C=O) groups is 3. The molecule has 0 aromatic heterocycles. The highest BCUT2D eigenvalue weighted by Crippen LogP contribution is 2.22. The summed E-state index contributed by atoms with van der Waals surface area (Å²) in [6, 6.07) is 27.4. The van der Waals surface area contributed by atoms with Gasteiger partial charge in [0.05, 0.1) is 19.4 Å². The fourth-order valence-electron chi connectivity index (χ4n) is 3.81. The highest BCUT2D eigenvalue weighted by molar-refractivity contribution is 5.87. The van der Waals surface area contributed by atoms with E-state index in [9.17, 15) is 14.4 Å². The van der Waals surface area contributed by atoms with Crippen molar-refractivity contribution >= 4 is 17.8 Å². The van der Waals surface area contributed by atoms with E-state index in [1.54, 1.807) is 4.90 Å². The number of likely N-dealkylation sites (N-methyl/N-ethyl adjacent to an activating group) is 1. The molecule has 3 rings (SSSR count). The van der Waals surface area contributed by atoms with E-state index in [0.29, 0.717) is 19.4 Å². The van der Waals surface area contributed by atoms with E-state index in [-0.39, 0.29) is 18.4 Å². The minimum atomic E-state index is -0.493. The third-order valence-electron chi connectivity index (χ3n) is 5.98. The minimum absolute atomic E-state index is 0.0676. The average molecular weight is 473 g/mol. The molecule has 1 N–H and O–H groups in total. The molecule has 3 aromatic rings. The maximum Gasteiger partial charge on any atom is 0.325 e. The molecule has 6 heteroatoms. The second-order valence-electron chi connectivity index (χ2n) is 8.51. The highest BCUT2D eigenvalue weighted by Gasteiger charge is 2.22. The van der Waals surface area contributed by atoms with Gasteiger partial charge in [-0.25, -0.2) is 0 Å². The molecule has 2 amide bonds. The number of ether oxygens (including phenoxy) is 1. The van der Waals surface area contributed by atoms with Crippen molar-refractivity contribution in [1.29, 1.82) is 0 Å². The molecule has 35 heavy (non-hydrogen) atoms. The molecule has 0 saturated carbocycles.